The minimum Gasteiger partial charge on any atom is -0.493 e. The van der Waals surface area contributed by atoms with E-state index >= 15 is 0 Å². The van der Waals surface area contributed by atoms with Crippen LogP contribution in [-0.2, 0) is 12.8 Å². The molecule has 0 radical (unpaired) electrons. The van der Waals surface area contributed by atoms with Gasteiger partial charge in [0.25, 0.3) is 0 Å². The SMILES string of the molecule is Fc1cccc(Cl)c1CC(Br)c1cc(Br)cc2c1OCC2. The molecule has 0 N–H and O–H groups in total. The largest absolute Gasteiger partial charge is 0.493 e. The fourth-order valence-electron chi connectivity index (χ4n) is 2.55. The molecule has 0 bridgehead atoms. The predicted molar refractivity (Wildman–Crippen MR) is 90.1 cm³/mol. The van der Waals surface area contributed by atoms with E-state index in [1.54, 1.807) is 12.1 Å². The molecule has 2 aromatic carbocycles. The topological polar surface area (TPSA) is 9.23 Å². The molecule has 1 unspecified atom stereocenters. The van der Waals surface area contributed by atoms with Crippen LogP contribution in [0.15, 0.2) is 34.8 Å². The Balaban J connectivity index is 1.95. The molecule has 0 spiro atoms. The lowest BCUT2D eigenvalue weighted by molar-refractivity contribution is 0.353. The predicted octanol–water partition coefficient (Wildman–Crippen LogP) is 5.86. The van der Waals surface area contributed by atoms with Crippen LogP contribution >= 0.6 is 43.5 Å². The molecule has 0 saturated heterocycles. The number of rotatable bonds is 3. The highest BCUT2D eigenvalue weighted by Crippen LogP contribution is 2.41. The van der Waals surface area contributed by atoms with Gasteiger partial charge in [-0.1, -0.05) is 49.5 Å². The Kier molecular flexibility index (Phi) is 4.57. The molecule has 0 amide bonds. The Morgan fingerprint density at radius 1 is 1.33 bits per heavy atom. The fraction of sp³-hybridized carbons (Fsp3) is 0.250. The standard InChI is InChI=1S/C16H12Br2ClFO/c17-10-6-9-4-5-21-16(9)11(7-10)13(18)8-12-14(19)2-1-3-15(12)20/h1-3,6-7,13H,4-5,8H2. The maximum Gasteiger partial charge on any atom is 0.127 e. The number of ether oxygens (including phenoxy) is 1. The van der Waals surface area contributed by atoms with Crippen molar-refractivity contribution in [3.63, 3.8) is 0 Å². The van der Waals surface area contributed by atoms with E-state index in [4.69, 9.17) is 16.3 Å². The van der Waals surface area contributed by atoms with Crippen LogP contribution in [0.5, 0.6) is 5.75 Å². The molecule has 0 fully saturated rings. The first-order valence-electron chi connectivity index (χ1n) is 6.58. The van der Waals surface area contributed by atoms with E-state index in [9.17, 15) is 4.39 Å². The summed E-state index contributed by atoms with van der Waals surface area (Å²) in [4.78, 5) is -0.0590. The van der Waals surface area contributed by atoms with Gasteiger partial charge in [-0.05, 0) is 36.2 Å². The molecule has 1 aliphatic heterocycles. The third-order valence-electron chi connectivity index (χ3n) is 3.56. The first-order valence-corrected chi connectivity index (χ1v) is 8.67. The van der Waals surface area contributed by atoms with Crippen molar-refractivity contribution in [3.05, 3.63) is 62.3 Å². The maximum absolute atomic E-state index is 13.9. The number of hydrogen-bond donors (Lipinski definition) is 0. The Labute approximate surface area is 144 Å². The van der Waals surface area contributed by atoms with Crippen LogP contribution in [-0.4, -0.2) is 6.61 Å². The zero-order valence-corrected chi connectivity index (χ0v) is 14.9. The molecule has 5 heteroatoms. The summed E-state index contributed by atoms with van der Waals surface area (Å²) >= 11 is 13.3. The van der Waals surface area contributed by atoms with E-state index < -0.39 is 0 Å². The molecule has 110 valence electrons. The van der Waals surface area contributed by atoms with Gasteiger partial charge in [0.05, 0.1) is 6.61 Å². The molecule has 1 nitrogen and oxygen atoms in total. The van der Waals surface area contributed by atoms with Gasteiger partial charge in [0.2, 0.25) is 0 Å². The highest BCUT2D eigenvalue weighted by Gasteiger charge is 2.23. The van der Waals surface area contributed by atoms with Gasteiger partial charge in [-0.15, -0.1) is 0 Å². The first-order chi connectivity index (χ1) is 10.1. The van der Waals surface area contributed by atoms with E-state index in [1.807, 2.05) is 6.07 Å². The first kappa shape index (κ1) is 15.3. The molecule has 0 saturated carbocycles. The van der Waals surface area contributed by atoms with Crippen molar-refractivity contribution in [1.82, 2.24) is 0 Å². The molecular formula is C16H12Br2ClFO. The second-order valence-electron chi connectivity index (χ2n) is 4.95. The summed E-state index contributed by atoms with van der Waals surface area (Å²) in [5.41, 5.74) is 2.73. The average Bonchev–Trinajstić information content (AvgIpc) is 2.90. The lowest BCUT2D eigenvalue weighted by Crippen LogP contribution is -2.01. The zero-order valence-electron chi connectivity index (χ0n) is 11.0. The van der Waals surface area contributed by atoms with E-state index in [-0.39, 0.29) is 10.6 Å². The average molecular weight is 435 g/mol. The van der Waals surface area contributed by atoms with Gasteiger partial charge >= 0.3 is 0 Å². The summed E-state index contributed by atoms with van der Waals surface area (Å²) in [6.45, 7) is 0.693. The van der Waals surface area contributed by atoms with Crippen LogP contribution in [0.3, 0.4) is 0 Å². The van der Waals surface area contributed by atoms with Crippen LogP contribution in [0.2, 0.25) is 5.02 Å². The third-order valence-corrected chi connectivity index (χ3v) is 5.19. The van der Waals surface area contributed by atoms with Crippen molar-refractivity contribution in [3.8, 4) is 5.75 Å². The molecule has 1 aliphatic rings. The Morgan fingerprint density at radius 2 is 2.14 bits per heavy atom. The van der Waals surface area contributed by atoms with Gasteiger partial charge in [-0.25, -0.2) is 4.39 Å². The van der Waals surface area contributed by atoms with Crippen LogP contribution in [0.1, 0.15) is 21.5 Å². The van der Waals surface area contributed by atoms with E-state index in [0.29, 0.717) is 23.6 Å². The Bertz CT molecular complexity index is 670. The third kappa shape index (κ3) is 3.13. The quantitative estimate of drug-likeness (QED) is 0.550. The molecule has 21 heavy (non-hydrogen) atoms. The van der Waals surface area contributed by atoms with Crippen molar-refractivity contribution in [2.24, 2.45) is 0 Å². The minimum absolute atomic E-state index is 0.0590. The number of benzene rings is 2. The van der Waals surface area contributed by atoms with Gasteiger partial charge in [-0.3, -0.25) is 0 Å². The fourth-order valence-corrected chi connectivity index (χ4v) is 3.97. The molecule has 1 heterocycles. The Hall–Kier alpha value is -0.580. The number of hydrogen-bond acceptors (Lipinski definition) is 1. The van der Waals surface area contributed by atoms with Crippen molar-refractivity contribution >= 4 is 43.5 Å². The van der Waals surface area contributed by atoms with Crippen molar-refractivity contribution in [2.45, 2.75) is 17.7 Å². The number of alkyl halides is 1. The second kappa shape index (κ2) is 6.27. The monoisotopic (exact) mass is 432 g/mol. The lowest BCUT2D eigenvalue weighted by Gasteiger charge is -2.16. The van der Waals surface area contributed by atoms with Crippen molar-refractivity contribution in [2.75, 3.05) is 6.61 Å². The molecule has 0 aliphatic carbocycles. The second-order valence-corrected chi connectivity index (χ2v) is 7.38. The van der Waals surface area contributed by atoms with Gasteiger partial charge in [0, 0.05) is 31.9 Å². The zero-order chi connectivity index (χ0) is 15.0. The van der Waals surface area contributed by atoms with Gasteiger partial charge in [0.1, 0.15) is 11.6 Å². The van der Waals surface area contributed by atoms with Crippen LogP contribution in [0, 0.1) is 5.82 Å². The van der Waals surface area contributed by atoms with Gasteiger partial charge in [0.15, 0.2) is 0 Å². The molecule has 1 atom stereocenters. The highest BCUT2D eigenvalue weighted by molar-refractivity contribution is 9.10. The van der Waals surface area contributed by atoms with Gasteiger partial charge < -0.3 is 4.74 Å². The summed E-state index contributed by atoms with van der Waals surface area (Å²) in [6, 6.07) is 8.84. The summed E-state index contributed by atoms with van der Waals surface area (Å²) in [6.07, 6.45) is 1.37. The maximum atomic E-state index is 13.9. The highest BCUT2D eigenvalue weighted by atomic mass is 79.9. The number of halogens is 4. The summed E-state index contributed by atoms with van der Waals surface area (Å²) in [5.74, 6) is 0.632. The van der Waals surface area contributed by atoms with Crippen LogP contribution in [0.4, 0.5) is 4.39 Å². The van der Waals surface area contributed by atoms with Gasteiger partial charge in [-0.2, -0.15) is 0 Å². The molecule has 0 aromatic heterocycles. The van der Waals surface area contributed by atoms with Crippen LogP contribution in [0.25, 0.3) is 0 Å². The van der Waals surface area contributed by atoms with E-state index in [1.165, 1.54) is 11.6 Å². The Morgan fingerprint density at radius 3 is 2.90 bits per heavy atom. The molecule has 3 rings (SSSR count). The smallest absolute Gasteiger partial charge is 0.127 e. The number of fused-ring (bicyclic) bond motifs is 1. The molecular weight excluding hydrogens is 422 g/mol. The van der Waals surface area contributed by atoms with Crippen LogP contribution < -0.4 is 4.74 Å². The lowest BCUT2D eigenvalue weighted by atomic mass is 10.0. The normalized spacial score (nSPS) is 14.7. The summed E-state index contributed by atoms with van der Waals surface area (Å²) in [7, 11) is 0. The van der Waals surface area contributed by atoms with Crippen molar-refractivity contribution < 1.29 is 9.13 Å². The molecule has 2 aromatic rings. The summed E-state index contributed by atoms with van der Waals surface area (Å²) in [5, 5.41) is 0.451. The van der Waals surface area contributed by atoms with E-state index in [2.05, 4.69) is 37.9 Å². The minimum atomic E-state index is -0.278. The summed E-state index contributed by atoms with van der Waals surface area (Å²) < 4.78 is 20.7. The van der Waals surface area contributed by atoms with Crippen molar-refractivity contribution in [1.29, 1.82) is 0 Å². The van der Waals surface area contributed by atoms with E-state index in [0.717, 1.165) is 22.2 Å².